The van der Waals surface area contributed by atoms with E-state index in [1.807, 2.05) is 32.0 Å². The van der Waals surface area contributed by atoms with Gasteiger partial charge in [0, 0.05) is 32.1 Å². The van der Waals surface area contributed by atoms with Gasteiger partial charge in [0.15, 0.2) is 0 Å². The van der Waals surface area contributed by atoms with E-state index in [1.165, 1.54) is 25.3 Å². The van der Waals surface area contributed by atoms with Crippen molar-refractivity contribution in [2.24, 2.45) is 0 Å². The van der Waals surface area contributed by atoms with Gasteiger partial charge >= 0.3 is 0 Å². The zero-order valence-electron chi connectivity index (χ0n) is 17.2. The summed E-state index contributed by atoms with van der Waals surface area (Å²) in [6.07, 6.45) is 5.00. The molecule has 1 aromatic heterocycles. The first-order valence-corrected chi connectivity index (χ1v) is 10.7. The molecule has 4 nitrogen and oxygen atoms in total. The highest BCUT2D eigenvalue weighted by atomic mass is 19.1. The van der Waals surface area contributed by atoms with E-state index in [9.17, 15) is 4.39 Å². The van der Waals surface area contributed by atoms with E-state index in [4.69, 9.17) is 10.2 Å². The lowest BCUT2D eigenvalue weighted by Gasteiger charge is -2.36. The molecule has 2 aromatic carbocycles. The predicted octanol–water partition coefficient (Wildman–Crippen LogP) is 5.15. The lowest BCUT2D eigenvalue weighted by molar-refractivity contribution is 0.130. The van der Waals surface area contributed by atoms with Crippen LogP contribution in [0.2, 0.25) is 0 Å². The Morgan fingerprint density at radius 3 is 2.48 bits per heavy atom. The van der Waals surface area contributed by atoms with Crippen molar-refractivity contribution in [2.75, 3.05) is 13.1 Å². The maximum absolute atomic E-state index is 14.0. The number of nitrogens with zero attached hydrogens (tertiary/aromatic N) is 4. The molecule has 1 aliphatic carbocycles. The van der Waals surface area contributed by atoms with Gasteiger partial charge in [-0.2, -0.15) is 5.26 Å². The molecule has 0 atom stereocenters. The van der Waals surface area contributed by atoms with Crippen LogP contribution in [0.3, 0.4) is 0 Å². The number of nitriles is 1. The third kappa shape index (κ3) is 3.65. The topological polar surface area (TPSA) is 44.9 Å². The predicted molar refractivity (Wildman–Crippen MR) is 114 cm³/mol. The Kier molecular flexibility index (Phi) is 5.64. The first-order chi connectivity index (χ1) is 14.2. The fourth-order valence-electron chi connectivity index (χ4n) is 4.28. The molecule has 1 aliphatic heterocycles. The van der Waals surface area contributed by atoms with Crippen LogP contribution in [0.25, 0.3) is 22.2 Å². The second-order valence-corrected chi connectivity index (χ2v) is 7.56. The van der Waals surface area contributed by atoms with Crippen LogP contribution in [-0.4, -0.2) is 33.6 Å². The molecule has 5 heteroatoms. The molecule has 3 aromatic rings. The van der Waals surface area contributed by atoms with Gasteiger partial charge in [-0.25, -0.2) is 9.37 Å². The summed E-state index contributed by atoms with van der Waals surface area (Å²) in [5, 5.41) is 8.93. The number of aromatic nitrogens is 2. The van der Waals surface area contributed by atoms with E-state index in [1.54, 1.807) is 12.1 Å². The first-order valence-electron chi connectivity index (χ1n) is 10.7. The lowest BCUT2D eigenvalue weighted by atomic mass is 9.91. The van der Waals surface area contributed by atoms with Gasteiger partial charge in [-0.3, -0.25) is 4.90 Å². The molecule has 0 radical (unpaired) electrons. The molecule has 0 unspecified atom stereocenters. The number of benzene rings is 2. The van der Waals surface area contributed by atoms with Gasteiger partial charge in [0.2, 0.25) is 0 Å². The van der Waals surface area contributed by atoms with Crippen LogP contribution in [0.5, 0.6) is 0 Å². The quantitative estimate of drug-likeness (QED) is 0.608. The smallest absolute Gasteiger partial charge is 0.141 e. The number of halogens is 1. The van der Waals surface area contributed by atoms with Crippen molar-refractivity contribution < 1.29 is 4.39 Å². The summed E-state index contributed by atoms with van der Waals surface area (Å²) in [7, 11) is 0. The second-order valence-electron chi connectivity index (χ2n) is 7.56. The molecule has 0 amide bonds. The maximum Gasteiger partial charge on any atom is 0.141 e. The van der Waals surface area contributed by atoms with Gasteiger partial charge in [-0.1, -0.05) is 32.4 Å². The van der Waals surface area contributed by atoms with Gasteiger partial charge in [-0.15, -0.1) is 0 Å². The molecule has 0 N–H and O–H groups in total. The highest BCUT2D eigenvalue weighted by Gasteiger charge is 2.27. The van der Waals surface area contributed by atoms with E-state index in [2.05, 4.69) is 15.5 Å². The van der Waals surface area contributed by atoms with Crippen molar-refractivity contribution in [1.29, 1.82) is 5.26 Å². The molecule has 2 aliphatic rings. The third-order valence-corrected chi connectivity index (χ3v) is 6.07. The van der Waals surface area contributed by atoms with Crippen LogP contribution in [-0.2, 0) is 13.0 Å². The summed E-state index contributed by atoms with van der Waals surface area (Å²) in [5.74, 6) is 0.674. The molecule has 29 heavy (non-hydrogen) atoms. The summed E-state index contributed by atoms with van der Waals surface area (Å²) < 4.78 is 16.4. The van der Waals surface area contributed by atoms with Gasteiger partial charge in [0.1, 0.15) is 17.7 Å². The fourth-order valence-corrected chi connectivity index (χ4v) is 4.28. The number of fused-ring (bicyclic) bond motifs is 3. The minimum Gasteiger partial charge on any atom is -0.327 e. The Bertz CT molecular complexity index is 1060. The minimum atomic E-state index is -0.474. The lowest BCUT2D eigenvalue weighted by Crippen LogP contribution is -2.41. The molecule has 2 heterocycles. The molecule has 150 valence electrons. The molecular formula is C24H27FN4. The van der Waals surface area contributed by atoms with Crippen LogP contribution in [0.4, 0.5) is 4.39 Å². The van der Waals surface area contributed by atoms with E-state index in [0.29, 0.717) is 0 Å². The molecule has 1 fully saturated rings. The number of hydrogen-bond donors (Lipinski definition) is 0. The summed E-state index contributed by atoms with van der Waals surface area (Å²) in [6, 6.07) is 13.5. The van der Waals surface area contributed by atoms with Gasteiger partial charge in [-0.05, 0) is 48.2 Å². The Labute approximate surface area is 171 Å². The number of hydrogen-bond acceptors (Lipinski definition) is 3. The van der Waals surface area contributed by atoms with Crippen molar-refractivity contribution in [3.8, 4) is 17.2 Å². The minimum absolute atomic E-state index is 0.0779. The average Bonchev–Trinajstić information content (AvgIpc) is 2.94. The summed E-state index contributed by atoms with van der Waals surface area (Å²) >= 11 is 0. The Balaban J connectivity index is 0.000000994. The zero-order valence-corrected chi connectivity index (χ0v) is 17.2. The average molecular weight is 391 g/mol. The number of rotatable bonds is 2. The highest BCUT2D eigenvalue weighted by molar-refractivity contribution is 5.83. The first kappa shape index (κ1) is 19.6. The summed E-state index contributed by atoms with van der Waals surface area (Å²) in [5.41, 5.74) is 3.93. The molecule has 5 rings (SSSR count). The molecular weight excluding hydrogens is 363 g/mol. The van der Waals surface area contributed by atoms with Crippen LogP contribution >= 0.6 is 0 Å². The molecule has 1 saturated carbocycles. The third-order valence-electron chi connectivity index (χ3n) is 6.07. The Morgan fingerprint density at radius 1 is 1.03 bits per heavy atom. The van der Waals surface area contributed by atoms with Gasteiger partial charge in [0.05, 0.1) is 16.6 Å². The normalized spacial score (nSPS) is 16.9. The zero-order chi connectivity index (χ0) is 20.4. The van der Waals surface area contributed by atoms with Crippen molar-refractivity contribution >= 4 is 11.0 Å². The van der Waals surface area contributed by atoms with Crippen molar-refractivity contribution in [2.45, 2.75) is 52.1 Å². The van der Waals surface area contributed by atoms with Crippen molar-refractivity contribution in [3.63, 3.8) is 0 Å². The van der Waals surface area contributed by atoms with Gasteiger partial charge in [0.25, 0.3) is 0 Å². The molecule has 0 saturated heterocycles. The summed E-state index contributed by atoms with van der Waals surface area (Å²) in [6.45, 7) is 7.11. The van der Waals surface area contributed by atoms with Crippen molar-refractivity contribution in [1.82, 2.24) is 14.5 Å². The monoisotopic (exact) mass is 390 g/mol. The van der Waals surface area contributed by atoms with Gasteiger partial charge < -0.3 is 4.57 Å². The second kappa shape index (κ2) is 8.34. The number of imidazole rings is 1. The fraction of sp³-hybridized carbons (Fsp3) is 0.417. The standard InChI is InChI=1S/C22H21FN4.C2H6/c23-19-12-15(4-5-17(19)14-24)16-6-7-20-21(13-16)27-11-10-26(18-2-1-3-18)9-8-22(27)25-20;1-2/h4-7,12-13,18H,1-3,8-11H2;1-2H3. The van der Waals surface area contributed by atoms with E-state index < -0.39 is 5.82 Å². The van der Waals surface area contributed by atoms with Crippen molar-refractivity contribution in [3.05, 3.63) is 53.6 Å². The molecule has 0 spiro atoms. The summed E-state index contributed by atoms with van der Waals surface area (Å²) in [4.78, 5) is 7.46. The largest absolute Gasteiger partial charge is 0.327 e. The van der Waals surface area contributed by atoms with Crippen LogP contribution in [0.15, 0.2) is 36.4 Å². The van der Waals surface area contributed by atoms with Crippen LogP contribution < -0.4 is 0 Å². The SMILES string of the molecule is CC.N#Cc1ccc(-c2ccc3nc4n(c3c2)CCN(C2CCC2)CC4)cc1F. The van der Waals surface area contributed by atoms with E-state index in [-0.39, 0.29) is 5.56 Å². The Hall–Kier alpha value is -2.71. The highest BCUT2D eigenvalue weighted by Crippen LogP contribution is 2.29. The van der Waals surface area contributed by atoms with E-state index in [0.717, 1.165) is 60.1 Å². The van der Waals surface area contributed by atoms with Crippen LogP contribution in [0.1, 0.15) is 44.5 Å². The van der Waals surface area contributed by atoms with E-state index >= 15 is 0 Å². The molecule has 0 bridgehead atoms. The van der Waals surface area contributed by atoms with Crippen LogP contribution in [0, 0.1) is 17.1 Å². The maximum atomic E-state index is 14.0. The Morgan fingerprint density at radius 2 is 1.79 bits per heavy atom.